The lowest BCUT2D eigenvalue weighted by Gasteiger charge is -2.00. The first-order valence-corrected chi connectivity index (χ1v) is 4.98. The summed E-state index contributed by atoms with van der Waals surface area (Å²) in [6, 6.07) is 0. The molecule has 0 saturated carbocycles. The Bertz CT molecular complexity index is 173. The third kappa shape index (κ3) is 7.30. The Kier molecular flexibility index (Phi) is 7.29. The van der Waals surface area contributed by atoms with Gasteiger partial charge in [0, 0.05) is 6.42 Å². The molecule has 1 saturated heterocycles. The Morgan fingerprint density at radius 1 is 1.40 bits per heavy atom. The summed E-state index contributed by atoms with van der Waals surface area (Å²) in [6.07, 6.45) is -0.781. The molecule has 90 valence electrons. The van der Waals surface area contributed by atoms with Gasteiger partial charge in [0.15, 0.2) is 0 Å². The highest BCUT2D eigenvalue weighted by molar-refractivity contribution is 5.69. The number of carbonyl (C=O) groups excluding carboxylic acids is 1. The summed E-state index contributed by atoms with van der Waals surface area (Å²) in [5.74, 6) is 0.280. The van der Waals surface area contributed by atoms with Gasteiger partial charge in [0.2, 0.25) is 0 Å². The van der Waals surface area contributed by atoms with Gasteiger partial charge in [-0.3, -0.25) is 4.79 Å². The van der Waals surface area contributed by atoms with Crippen LogP contribution in [-0.2, 0) is 14.3 Å². The molecule has 5 heteroatoms. The van der Waals surface area contributed by atoms with Crippen LogP contribution >= 0.6 is 0 Å². The maximum atomic E-state index is 10.4. The van der Waals surface area contributed by atoms with Crippen molar-refractivity contribution in [1.82, 2.24) is 0 Å². The minimum Gasteiger partial charge on any atom is -0.469 e. The summed E-state index contributed by atoms with van der Waals surface area (Å²) in [6.45, 7) is 4.52. The second-order valence-corrected chi connectivity index (χ2v) is 3.85. The molecule has 2 unspecified atom stereocenters. The Labute approximate surface area is 90.0 Å². The Hall–Kier alpha value is -0.650. The summed E-state index contributed by atoms with van der Waals surface area (Å²) >= 11 is 0. The van der Waals surface area contributed by atoms with E-state index in [2.05, 4.69) is 9.47 Å². The third-order valence-corrected chi connectivity index (χ3v) is 1.82. The second-order valence-electron chi connectivity index (χ2n) is 3.85. The number of hydrogen-bond donors (Lipinski definition) is 2. The molecule has 1 rings (SSSR count). The molecule has 2 atom stereocenters. The normalized spacial score (nSPS) is 24.7. The molecule has 0 radical (unpaired) electrons. The zero-order chi connectivity index (χ0) is 11.8. The van der Waals surface area contributed by atoms with Crippen LogP contribution in [0.25, 0.3) is 0 Å². The van der Waals surface area contributed by atoms with Crippen LogP contribution in [0.5, 0.6) is 0 Å². The van der Waals surface area contributed by atoms with Gasteiger partial charge in [0.05, 0.1) is 20.3 Å². The zero-order valence-corrected chi connectivity index (χ0v) is 9.47. The lowest BCUT2D eigenvalue weighted by Crippen LogP contribution is -2.22. The lowest BCUT2D eigenvalue weighted by atomic mass is 10.1. The van der Waals surface area contributed by atoms with Gasteiger partial charge >= 0.3 is 5.97 Å². The summed E-state index contributed by atoms with van der Waals surface area (Å²) in [5.41, 5.74) is 0. The molecule has 0 aromatic heterocycles. The molecule has 1 aliphatic heterocycles. The Morgan fingerprint density at radius 3 is 2.00 bits per heavy atom. The largest absolute Gasteiger partial charge is 0.469 e. The SMILES string of the molecule is COC(=O)CC(C)C.OC1COCC1O. The van der Waals surface area contributed by atoms with Crippen LogP contribution in [0.1, 0.15) is 20.3 Å². The van der Waals surface area contributed by atoms with Gasteiger partial charge in [0.1, 0.15) is 12.2 Å². The lowest BCUT2D eigenvalue weighted by molar-refractivity contribution is -0.141. The molecule has 5 nitrogen and oxygen atoms in total. The number of methoxy groups -OCH3 is 1. The van der Waals surface area contributed by atoms with E-state index in [1.807, 2.05) is 13.8 Å². The fourth-order valence-corrected chi connectivity index (χ4v) is 0.948. The van der Waals surface area contributed by atoms with Gasteiger partial charge in [-0.15, -0.1) is 0 Å². The molecular formula is C10H20O5. The third-order valence-electron chi connectivity index (χ3n) is 1.82. The monoisotopic (exact) mass is 220 g/mol. The highest BCUT2D eigenvalue weighted by Gasteiger charge is 2.22. The Balaban J connectivity index is 0.000000262. The highest BCUT2D eigenvalue weighted by Crippen LogP contribution is 2.02. The molecule has 1 heterocycles. The van der Waals surface area contributed by atoms with Crippen molar-refractivity contribution in [1.29, 1.82) is 0 Å². The number of esters is 1. The van der Waals surface area contributed by atoms with Crippen molar-refractivity contribution in [3.63, 3.8) is 0 Å². The van der Waals surface area contributed by atoms with E-state index in [4.69, 9.17) is 10.2 Å². The minimum absolute atomic E-state index is 0.125. The van der Waals surface area contributed by atoms with Gasteiger partial charge in [-0.1, -0.05) is 13.8 Å². The number of hydrogen-bond acceptors (Lipinski definition) is 5. The van der Waals surface area contributed by atoms with Crippen LogP contribution in [0.3, 0.4) is 0 Å². The second kappa shape index (κ2) is 7.62. The average molecular weight is 220 g/mol. The van der Waals surface area contributed by atoms with Crippen molar-refractivity contribution in [2.45, 2.75) is 32.5 Å². The predicted molar refractivity (Wildman–Crippen MR) is 54.3 cm³/mol. The van der Waals surface area contributed by atoms with Crippen LogP contribution in [0, 0.1) is 5.92 Å². The van der Waals surface area contributed by atoms with Crippen molar-refractivity contribution in [2.75, 3.05) is 20.3 Å². The summed E-state index contributed by atoms with van der Waals surface area (Å²) in [7, 11) is 1.41. The van der Waals surface area contributed by atoms with E-state index in [9.17, 15) is 4.79 Å². The molecule has 0 aromatic carbocycles. The highest BCUT2D eigenvalue weighted by atomic mass is 16.5. The van der Waals surface area contributed by atoms with Gasteiger partial charge in [-0.2, -0.15) is 0 Å². The van der Waals surface area contributed by atoms with E-state index in [-0.39, 0.29) is 19.2 Å². The molecule has 2 N–H and O–H groups in total. The maximum Gasteiger partial charge on any atom is 0.305 e. The summed E-state index contributed by atoms with van der Waals surface area (Å²) < 4.78 is 9.09. The first kappa shape index (κ1) is 14.3. The van der Waals surface area contributed by atoms with Crippen molar-refractivity contribution in [2.24, 2.45) is 5.92 Å². The van der Waals surface area contributed by atoms with Crippen molar-refractivity contribution in [3.05, 3.63) is 0 Å². The fourth-order valence-electron chi connectivity index (χ4n) is 0.948. The van der Waals surface area contributed by atoms with Gasteiger partial charge in [-0.25, -0.2) is 0 Å². The van der Waals surface area contributed by atoms with Gasteiger partial charge in [-0.05, 0) is 5.92 Å². The molecule has 0 amide bonds. The molecule has 0 spiro atoms. The standard InChI is InChI=1S/C6H12O2.C4H8O3/c1-5(2)4-6(7)8-3;5-3-1-7-2-4(3)6/h5H,4H2,1-3H3;3-6H,1-2H2. The van der Waals surface area contributed by atoms with E-state index < -0.39 is 12.2 Å². The molecule has 1 fully saturated rings. The number of ether oxygens (including phenoxy) is 2. The van der Waals surface area contributed by atoms with Gasteiger partial charge < -0.3 is 19.7 Å². The first-order valence-electron chi connectivity index (χ1n) is 4.98. The smallest absolute Gasteiger partial charge is 0.305 e. The summed E-state index contributed by atoms with van der Waals surface area (Å²) in [4.78, 5) is 10.4. The number of aliphatic hydroxyl groups excluding tert-OH is 2. The molecule has 0 aromatic rings. The molecule has 15 heavy (non-hydrogen) atoms. The van der Waals surface area contributed by atoms with Crippen molar-refractivity contribution >= 4 is 5.97 Å². The van der Waals surface area contributed by atoms with Crippen molar-refractivity contribution < 1.29 is 24.5 Å². The first-order chi connectivity index (χ1) is 6.97. The van der Waals surface area contributed by atoms with Crippen molar-refractivity contribution in [3.8, 4) is 0 Å². The van der Waals surface area contributed by atoms with Crippen LogP contribution in [-0.4, -0.2) is 48.7 Å². The fraction of sp³-hybridized carbons (Fsp3) is 0.900. The van der Waals surface area contributed by atoms with E-state index in [0.29, 0.717) is 12.3 Å². The van der Waals surface area contributed by atoms with Crippen LogP contribution < -0.4 is 0 Å². The maximum absolute atomic E-state index is 10.4. The number of carbonyl (C=O) groups is 1. The van der Waals surface area contributed by atoms with E-state index in [0.717, 1.165) is 0 Å². The topological polar surface area (TPSA) is 76.0 Å². The molecule has 0 bridgehead atoms. The van der Waals surface area contributed by atoms with Crippen LogP contribution in [0.15, 0.2) is 0 Å². The van der Waals surface area contributed by atoms with E-state index in [1.165, 1.54) is 7.11 Å². The molecule has 1 aliphatic rings. The number of aliphatic hydroxyl groups is 2. The Morgan fingerprint density at radius 2 is 1.87 bits per heavy atom. The average Bonchev–Trinajstić information content (AvgIpc) is 2.51. The zero-order valence-electron chi connectivity index (χ0n) is 9.47. The number of rotatable bonds is 2. The summed E-state index contributed by atoms with van der Waals surface area (Å²) in [5, 5.41) is 17.2. The predicted octanol–water partition coefficient (Wildman–Crippen LogP) is -0.0561. The van der Waals surface area contributed by atoms with Crippen LogP contribution in [0.4, 0.5) is 0 Å². The molecular weight excluding hydrogens is 200 g/mol. The minimum atomic E-state index is -0.653. The molecule has 0 aliphatic carbocycles. The van der Waals surface area contributed by atoms with Crippen LogP contribution in [0.2, 0.25) is 0 Å². The van der Waals surface area contributed by atoms with E-state index in [1.54, 1.807) is 0 Å². The van der Waals surface area contributed by atoms with E-state index >= 15 is 0 Å². The quantitative estimate of drug-likeness (QED) is 0.638. The van der Waals surface area contributed by atoms with Gasteiger partial charge in [0.25, 0.3) is 0 Å².